The summed E-state index contributed by atoms with van der Waals surface area (Å²) in [7, 11) is 0. The summed E-state index contributed by atoms with van der Waals surface area (Å²) in [5, 5.41) is 0. The summed E-state index contributed by atoms with van der Waals surface area (Å²) in [5.74, 6) is 1.05. The summed E-state index contributed by atoms with van der Waals surface area (Å²) in [6.07, 6.45) is -3.57. The summed E-state index contributed by atoms with van der Waals surface area (Å²) < 4.78 is 39.8. The number of hydrogen-bond acceptors (Lipinski definition) is 3. The van der Waals surface area contributed by atoms with Crippen LogP contribution in [0.4, 0.5) is 24.5 Å². The van der Waals surface area contributed by atoms with Crippen molar-refractivity contribution >= 4 is 58.7 Å². The van der Waals surface area contributed by atoms with E-state index in [4.69, 9.17) is 23.2 Å². The number of benzene rings is 2. The standard InChI is InChI=1S/C20H21Cl2F3N2S.ClH/c21-8-12-26(13-9-22)10-3-11-27-16-4-1-2-5-18(16)28-19-7-6-15(14-17(19)27)20(23,24)25;/h1-2,4-7,14H,3,8-13H2;1H. The van der Waals surface area contributed by atoms with Crippen LogP contribution in [0, 0.1) is 0 Å². The van der Waals surface area contributed by atoms with Crippen LogP contribution >= 0.6 is 47.4 Å². The molecule has 0 unspecified atom stereocenters. The van der Waals surface area contributed by atoms with Crippen LogP contribution in [0.1, 0.15) is 12.0 Å². The number of fused-ring (bicyclic) bond motifs is 2. The van der Waals surface area contributed by atoms with Gasteiger partial charge in [0.05, 0.1) is 16.9 Å². The monoisotopic (exact) mass is 484 g/mol. The highest BCUT2D eigenvalue weighted by Crippen LogP contribution is 2.49. The minimum atomic E-state index is -4.36. The van der Waals surface area contributed by atoms with E-state index in [9.17, 15) is 13.2 Å². The largest absolute Gasteiger partial charge is 0.416 e. The second-order valence-corrected chi connectivity index (χ2v) is 8.31. The smallest absolute Gasteiger partial charge is 0.340 e. The lowest BCUT2D eigenvalue weighted by molar-refractivity contribution is -0.137. The van der Waals surface area contributed by atoms with Crippen LogP contribution in [-0.4, -0.2) is 42.8 Å². The highest BCUT2D eigenvalue weighted by atomic mass is 35.5. The Morgan fingerprint density at radius 2 is 1.55 bits per heavy atom. The molecule has 1 aliphatic rings. The Hall–Kier alpha value is -0.790. The van der Waals surface area contributed by atoms with Crippen molar-refractivity contribution in [2.75, 3.05) is 42.8 Å². The summed E-state index contributed by atoms with van der Waals surface area (Å²) in [6.45, 7) is 2.90. The van der Waals surface area contributed by atoms with Gasteiger partial charge in [0.25, 0.3) is 0 Å². The summed E-state index contributed by atoms with van der Waals surface area (Å²) in [5.41, 5.74) is 0.933. The molecule has 0 radical (unpaired) electrons. The Bertz CT molecular complexity index is 799. The van der Waals surface area contributed by atoms with Gasteiger partial charge in [-0.2, -0.15) is 13.2 Å². The number of nitrogens with zero attached hydrogens (tertiary/aromatic N) is 2. The Kier molecular flexibility index (Phi) is 9.29. The molecular formula is C20H22Cl3F3N2S. The molecule has 0 spiro atoms. The molecule has 160 valence electrons. The van der Waals surface area contributed by atoms with Crippen LogP contribution in [0.15, 0.2) is 52.3 Å². The van der Waals surface area contributed by atoms with Gasteiger partial charge in [-0.1, -0.05) is 23.9 Å². The van der Waals surface area contributed by atoms with E-state index in [1.807, 2.05) is 29.2 Å². The maximum Gasteiger partial charge on any atom is 0.416 e. The average molecular weight is 486 g/mol. The molecular weight excluding hydrogens is 464 g/mol. The van der Waals surface area contributed by atoms with E-state index in [1.165, 1.54) is 17.8 Å². The van der Waals surface area contributed by atoms with Gasteiger partial charge in [-0.05, 0) is 43.3 Å². The fourth-order valence-corrected chi connectivity index (χ4v) is 4.83. The lowest BCUT2D eigenvalue weighted by Gasteiger charge is -2.34. The maximum atomic E-state index is 13.3. The van der Waals surface area contributed by atoms with Crippen molar-refractivity contribution in [3.8, 4) is 0 Å². The maximum absolute atomic E-state index is 13.3. The quantitative estimate of drug-likeness (QED) is 0.376. The molecule has 2 aromatic carbocycles. The van der Waals surface area contributed by atoms with E-state index in [0.29, 0.717) is 24.0 Å². The molecule has 0 N–H and O–H groups in total. The Morgan fingerprint density at radius 3 is 2.21 bits per heavy atom. The number of para-hydroxylation sites is 1. The molecule has 0 amide bonds. The normalized spacial score (nSPS) is 13.1. The van der Waals surface area contributed by atoms with Crippen molar-refractivity contribution in [2.45, 2.75) is 22.4 Å². The third-order valence-electron chi connectivity index (χ3n) is 4.61. The van der Waals surface area contributed by atoms with Crippen molar-refractivity contribution in [2.24, 2.45) is 0 Å². The molecule has 0 saturated heterocycles. The number of halogens is 6. The molecule has 2 nitrogen and oxygen atoms in total. The minimum absolute atomic E-state index is 0. The SMILES string of the molecule is Cl.FC(F)(F)c1ccc2c(c1)N(CCCN(CCCl)CCCl)c1ccccc1S2. The molecule has 0 bridgehead atoms. The summed E-state index contributed by atoms with van der Waals surface area (Å²) in [4.78, 5) is 6.06. The highest BCUT2D eigenvalue weighted by molar-refractivity contribution is 7.99. The topological polar surface area (TPSA) is 6.48 Å². The van der Waals surface area contributed by atoms with Crippen molar-refractivity contribution in [3.63, 3.8) is 0 Å². The molecule has 2 aromatic rings. The van der Waals surface area contributed by atoms with E-state index in [0.717, 1.165) is 47.6 Å². The van der Waals surface area contributed by atoms with E-state index < -0.39 is 11.7 Å². The van der Waals surface area contributed by atoms with Gasteiger partial charge < -0.3 is 9.80 Å². The zero-order valence-corrected chi connectivity index (χ0v) is 18.7. The van der Waals surface area contributed by atoms with Crippen LogP contribution in [0.5, 0.6) is 0 Å². The Morgan fingerprint density at radius 1 is 0.897 bits per heavy atom. The zero-order valence-electron chi connectivity index (χ0n) is 15.6. The van der Waals surface area contributed by atoms with Gasteiger partial charge >= 0.3 is 6.18 Å². The molecule has 0 aliphatic carbocycles. The van der Waals surface area contributed by atoms with Crippen LogP contribution < -0.4 is 4.90 Å². The lowest BCUT2D eigenvalue weighted by Crippen LogP contribution is -2.32. The fourth-order valence-electron chi connectivity index (χ4n) is 3.27. The van der Waals surface area contributed by atoms with Crippen LogP contribution in [0.3, 0.4) is 0 Å². The first kappa shape index (κ1) is 24.5. The van der Waals surface area contributed by atoms with Gasteiger partial charge in [-0.25, -0.2) is 0 Å². The molecule has 1 heterocycles. The molecule has 0 atom stereocenters. The fraction of sp³-hybridized carbons (Fsp3) is 0.400. The second-order valence-electron chi connectivity index (χ2n) is 6.47. The van der Waals surface area contributed by atoms with Crippen molar-refractivity contribution in [1.82, 2.24) is 4.90 Å². The Labute approximate surface area is 189 Å². The summed E-state index contributed by atoms with van der Waals surface area (Å²) >= 11 is 13.2. The highest BCUT2D eigenvalue weighted by Gasteiger charge is 2.33. The lowest BCUT2D eigenvalue weighted by atomic mass is 10.1. The first-order chi connectivity index (χ1) is 13.4. The number of hydrogen-bond donors (Lipinski definition) is 0. The van der Waals surface area contributed by atoms with Crippen LogP contribution in [0.2, 0.25) is 0 Å². The van der Waals surface area contributed by atoms with Crippen LogP contribution in [-0.2, 0) is 6.18 Å². The zero-order chi connectivity index (χ0) is 20.1. The number of alkyl halides is 5. The molecule has 0 fully saturated rings. The second kappa shape index (κ2) is 11.0. The minimum Gasteiger partial charge on any atom is -0.340 e. The van der Waals surface area contributed by atoms with E-state index in [2.05, 4.69) is 4.90 Å². The van der Waals surface area contributed by atoms with Crippen LogP contribution in [0.25, 0.3) is 0 Å². The van der Waals surface area contributed by atoms with Gasteiger partial charge in [0.2, 0.25) is 0 Å². The van der Waals surface area contributed by atoms with Gasteiger partial charge in [-0.3, -0.25) is 0 Å². The van der Waals surface area contributed by atoms with Gasteiger partial charge in [0, 0.05) is 41.2 Å². The molecule has 0 saturated carbocycles. The first-order valence-corrected chi connectivity index (χ1v) is 10.9. The molecule has 29 heavy (non-hydrogen) atoms. The summed E-state index contributed by atoms with van der Waals surface area (Å²) in [6, 6.07) is 11.8. The first-order valence-electron chi connectivity index (χ1n) is 9.04. The Balaban J connectivity index is 0.00000300. The molecule has 9 heteroatoms. The van der Waals surface area contributed by atoms with Gasteiger partial charge in [0.15, 0.2) is 0 Å². The van der Waals surface area contributed by atoms with Gasteiger partial charge in [-0.15, -0.1) is 35.6 Å². The number of anilines is 2. The van der Waals surface area contributed by atoms with Crippen molar-refractivity contribution in [3.05, 3.63) is 48.0 Å². The van der Waals surface area contributed by atoms with Gasteiger partial charge in [0.1, 0.15) is 0 Å². The molecule has 3 rings (SSSR count). The van der Waals surface area contributed by atoms with E-state index in [1.54, 1.807) is 6.07 Å². The number of rotatable bonds is 8. The van der Waals surface area contributed by atoms with E-state index >= 15 is 0 Å². The average Bonchev–Trinajstić information content (AvgIpc) is 2.66. The predicted octanol–water partition coefficient (Wildman–Crippen LogP) is 6.90. The van der Waals surface area contributed by atoms with Crippen molar-refractivity contribution < 1.29 is 13.2 Å². The predicted molar refractivity (Wildman–Crippen MR) is 119 cm³/mol. The third kappa shape index (κ3) is 6.11. The molecule has 0 aromatic heterocycles. The van der Waals surface area contributed by atoms with Crippen molar-refractivity contribution in [1.29, 1.82) is 0 Å². The van der Waals surface area contributed by atoms with E-state index in [-0.39, 0.29) is 12.4 Å². The third-order valence-corrected chi connectivity index (χ3v) is 6.08. The molecule has 1 aliphatic heterocycles.